The molecule has 0 radical (unpaired) electrons. The topological polar surface area (TPSA) is 66.6 Å². The van der Waals surface area contributed by atoms with Crippen LogP contribution in [0.2, 0.25) is 5.02 Å². The zero-order valence-electron chi connectivity index (χ0n) is 9.57. The summed E-state index contributed by atoms with van der Waals surface area (Å²) in [4.78, 5) is 3.94. The number of benzene rings is 1. The van der Waals surface area contributed by atoms with Gasteiger partial charge in [-0.2, -0.15) is 5.26 Å². The van der Waals surface area contributed by atoms with E-state index in [1.54, 1.807) is 13.1 Å². The lowest BCUT2D eigenvalue weighted by molar-refractivity contribution is 0.174. The van der Waals surface area contributed by atoms with Crippen molar-refractivity contribution in [2.75, 3.05) is 13.8 Å². The predicted molar refractivity (Wildman–Crippen MR) is 71.0 cm³/mol. The molecule has 1 aliphatic rings. The lowest BCUT2D eigenvalue weighted by Crippen LogP contribution is -2.13. The number of ether oxygens (including phenoxy) is 2. The number of halogens is 1. The minimum Gasteiger partial charge on any atom is -0.454 e. The second-order valence-corrected chi connectivity index (χ2v) is 4.72. The third-order valence-corrected chi connectivity index (χ3v) is 3.64. The highest BCUT2D eigenvalue weighted by Crippen LogP contribution is 2.37. The van der Waals surface area contributed by atoms with Crippen molar-refractivity contribution in [1.82, 2.24) is 5.32 Å². The number of nitrogens with zero attached hydrogens (tertiary/aromatic N) is 2. The summed E-state index contributed by atoms with van der Waals surface area (Å²) in [6.07, 6.45) is 1.83. The first-order chi connectivity index (χ1) is 8.74. The van der Waals surface area contributed by atoms with Gasteiger partial charge in [0, 0.05) is 23.9 Å². The van der Waals surface area contributed by atoms with Gasteiger partial charge in [0.25, 0.3) is 0 Å². The molecule has 2 rings (SSSR count). The van der Waals surface area contributed by atoms with Gasteiger partial charge in [-0.05, 0) is 11.6 Å². The van der Waals surface area contributed by atoms with Gasteiger partial charge in [-0.25, -0.2) is 0 Å². The summed E-state index contributed by atoms with van der Waals surface area (Å²) in [5.74, 6) is 1.95. The van der Waals surface area contributed by atoms with Crippen LogP contribution in [0.25, 0.3) is 0 Å². The molecule has 0 unspecified atom stereocenters. The number of nitriles is 1. The molecule has 1 heterocycles. The Morgan fingerprint density at radius 2 is 2.28 bits per heavy atom. The van der Waals surface area contributed by atoms with Crippen molar-refractivity contribution in [3.8, 4) is 17.7 Å². The molecule has 0 bridgehead atoms. The Kier molecular flexibility index (Phi) is 4.18. The Bertz CT molecular complexity index is 528. The minimum absolute atomic E-state index is 0.222. The van der Waals surface area contributed by atoms with E-state index in [1.165, 1.54) is 11.8 Å². The van der Waals surface area contributed by atoms with Crippen molar-refractivity contribution in [2.45, 2.75) is 5.75 Å². The van der Waals surface area contributed by atoms with Crippen molar-refractivity contribution < 1.29 is 9.47 Å². The summed E-state index contributed by atoms with van der Waals surface area (Å²) in [6.45, 7) is 0.222. The maximum Gasteiger partial charge on any atom is 0.231 e. The molecule has 0 amide bonds. The Hall–Kier alpha value is -1.58. The maximum absolute atomic E-state index is 8.53. The predicted octanol–water partition coefficient (Wildman–Crippen LogP) is 2.36. The monoisotopic (exact) mass is 283 g/mol. The van der Waals surface area contributed by atoms with Crippen LogP contribution in [-0.4, -0.2) is 19.0 Å². The highest BCUT2D eigenvalue weighted by molar-refractivity contribution is 8.13. The molecule has 1 aromatic rings. The summed E-state index contributed by atoms with van der Waals surface area (Å²) in [7, 11) is 1.62. The van der Waals surface area contributed by atoms with E-state index in [-0.39, 0.29) is 6.79 Å². The Labute approximate surface area is 114 Å². The van der Waals surface area contributed by atoms with Gasteiger partial charge in [-0.15, -0.1) is 0 Å². The zero-order chi connectivity index (χ0) is 13.0. The number of amidine groups is 1. The van der Waals surface area contributed by atoms with Crippen LogP contribution < -0.4 is 14.8 Å². The van der Waals surface area contributed by atoms with Crippen molar-refractivity contribution in [3.63, 3.8) is 0 Å². The fourth-order valence-electron chi connectivity index (χ4n) is 1.42. The SMILES string of the molecule is CN=C(NC#N)SCc1cc2c(cc1Cl)OCO2. The number of hydrogen-bond acceptors (Lipinski definition) is 5. The smallest absolute Gasteiger partial charge is 0.231 e. The molecule has 7 heteroatoms. The Morgan fingerprint density at radius 3 is 2.94 bits per heavy atom. The standard InChI is InChI=1S/C11H10ClN3O2S/c1-14-11(15-5-13)18-4-7-2-9-10(3-8(7)12)17-6-16-9/h2-3H,4,6H2,1H3,(H,14,15). The highest BCUT2D eigenvalue weighted by atomic mass is 35.5. The van der Waals surface area contributed by atoms with Gasteiger partial charge in [0.2, 0.25) is 6.79 Å². The Morgan fingerprint density at radius 1 is 1.56 bits per heavy atom. The van der Waals surface area contributed by atoms with Crippen molar-refractivity contribution in [3.05, 3.63) is 22.7 Å². The molecule has 1 N–H and O–H groups in total. The van der Waals surface area contributed by atoms with Crippen LogP contribution >= 0.6 is 23.4 Å². The molecule has 0 fully saturated rings. The van der Waals surface area contributed by atoms with E-state index in [4.69, 9.17) is 26.3 Å². The van der Waals surface area contributed by atoms with Gasteiger partial charge in [0.05, 0.1) is 0 Å². The van der Waals surface area contributed by atoms with Gasteiger partial charge in [0.1, 0.15) is 0 Å². The fourth-order valence-corrected chi connectivity index (χ4v) is 2.50. The molecule has 1 aliphatic heterocycles. The normalized spacial score (nSPS) is 13.3. The van der Waals surface area contributed by atoms with Crippen LogP contribution in [0.1, 0.15) is 5.56 Å². The average molecular weight is 284 g/mol. The number of aliphatic imine (C=N–C) groups is 1. The van der Waals surface area contributed by atoms with Gasteiger partial charge < -0.3 is 9.47 Å². The molecule has 0 saturated carbocycles. The van der Waals surface area contributed by atoms with Crippen LogP contribution in [-0.2, 0) is 5.75 Å². The zero-order valence-corrected chi connectivity index (χ0v) is 11.1. The largest absolute Gasteiger partial charge is 0.454 e. The van der Waals surface area contributed by atoms with Crippen LogP contribution in [0.3, 0.4) is 0 Å². The second-order valence-electron chi connectivity index (χ2n) is 3.35. The molecule has 0 aliphatic carbocycles. The van der Waals surface area contributed by atoms with Crippen molar-refractivity contribution >= 4 is 28.5 Å². The molecule has 94 valence electrons. The van der Waals surface area contributed by atoms with E-state index in [1.807, 2.05) is 12.3 Å². The molecule has 5 nitrogen and oxygen atoms in total. The van der Waals surface area contributed by atoms with E-state index in [9.17, 15) is 0 Å². The molecule has 0 spiro atoms. The summed E-state index contributed by atoms with van der Waals surface area (Å²) in [5, 5.41) is 12.2. The highest BCUT2D eigenvalue weighted by Gasteiger charge is 2.16. The van der Waals surface area contributed by atoms with E-state index < -0.39 is 0 Å². The van der Waals surface area contributed by atoms with Crippen LogP contribution in [0.5, 0.6) is 11.5 Å². The Balaban J connectivity index is 2.08. The lowest BCUT2D eigenvalue weighted by Gasteiger charge is -2.06. The van der Waals surface area contributed by atoms with Gasteiger partial charge in [-0.1, -0.05) is 23.4 Å². The summed E-state index contributed by atoms with van der Waals surface area (Å²) in [6, 6.07) is 3.58. The summed E-state index contributed by atoms with van der Waals surface area (Å²) in [5.41, 5.74) is 0.909. The molecular formula is C11H10ClN3O2S. The molecule has 1 aromatic carbocycles. The third-order valence-electron chi connectivity index (χ3n) is 2.27. The first kappa shape index (κ1) is 12.9. The average Bonchev–Trinajstić information content (AvgIpc) is 2.81. The first-order valence-electron chi connectivity index (χ1n) is 5.07. The maximum atomic E-state index is 8.53. The fraction of sp³-hybridized carbons (Fsp3) is 0.273. The van der Waals surface area contributed by atoms with Crippen molar-refractivity contribution in [1.29, 1.82) is 5.26 Å². The van der Waals surface area contributed by atoms with E-state index in [2.05, 4.69) is 10.3 Å². The molecule has 0 aromatic heterocycles. The van der Waals surface area contributed by atoms with Gasteiger partial charge in [-0.3, -0.25) is 10.3 Å². The summed E-state index contributed by atoms with van der Waals surface area (Å²) < 4.78 is 10.5. The van der Waals surface area contributed by atoms with E-state index >= 15 is 0 Å². The third kappa shape index (κ3) is 2.81. The van der Waals surface area contributed by atoms with Crippen LogP contribution in [0.15, 0.2) is 17.1 Å². The van der Waals surface area contributed by atoms with E-state index in [0.717, 1.165) is 5.56 Å². The molecule has 0 atom stereocenters. The quantitative estimate of drug-likeness (QED) is 0.391. The minimum atomic E-state index is 0.222. The second kappa shape index (κ2) is 5.85. The van der Waals surface area contributed by atoms with Crippen LogP contribution in [0, 0.1) is 11.5 Å². The van der Waals surface area contributed by atoms with Gasteiger partial charge >= 0.3 is 0 Å². The molecular weight excluding hydrogens is 274 g/mol. The van der Waals surface area contributed by atoms with Crippen LogP contribution in [0.4, 0.5) is 0 Å². The van der Waals surface area contributed by atoms with Gasteiger partial charge in [0.15, 0.2) is 22.9 Å². The molecule has 0 saturated heterocycles. The number of rotatable bonds is 2. The summed E-state index contributed by atoms with van der Waals surface area (Å²) >= 11 is 7.53. The number of thioether (sulfide) groups is 1. The number of hydrogen-bond donors (Lipinski definition) is 1. The van der Waals surface area contributed by atoms with Crippen molar-refractivity contribution in [2.24, 2.45) is 4.99 Å². The number of nitrogens with one attached hydrogen (secondary N) is 1. The molecule has 18 heavy (non-hydrogen) atoms. The van der Waals surface area contributed by atoms with E-state index in [0.29, 0.717) is 27.4 Å². The number of fused-ring (bicyclic) bond motifs is 1. The lowest BCUT2D eigenvalue weighted by atomic mass is 10.2. The first-order valence-corrected chi connectivity index (χ1v) is 6.43.